The average Bonchev–Trinajstić information content (AvgIpc) is 2.74. The van der Waals surface area contributed by atoms with Crippen LogP contribution in [0.2, 0.25) is 0 Å². The summed E-state index contributed by atoms with van der Waals surface area (Å²) in [6, 6.07) is 8.68. The number of halogens is 1. The van der Waals surface area contributed by atoms with E-state index in [4.69, 9.17) is 4.74 Å². The van der Waals surface area contributed by atoms with Gasteiger partial charge in [-0.15, -0.1) is 24.0 Å². The predicted molar refractivity (Wildman–Crippen MR) is 133 cm³/mol. The van der Waals surface area contributed by atoms with Crippen LogP contribution in [0.3, 0.4) is 0 Å². The third-order valence-corrected chi connectivity index (χ3v) is 5.37. The standard InChI is InChI=1S/C22H39N5O.HI/c1-4-26(5-2)13-9-8-12-24-22(23-3)25-18-20-10-6-7-11-21(20)19-27-14-16-28-17-15-27;/h6-7,10-11H,4-5,8-9,12-19H2,1-3H3,(H2,23,24,25);1H. The fraction of sp³-hybridized carbons (Fsp3) is 0.682. The molecule has 2 rings (SSSR count). The van der Waals surface area contributed by atoms with E-state index in [0.29, 0.717) is 0 Å². The number of morpholine rings is 1. The minimum Gasteiger partial charge on any atom is -0.379 e. The monoisotopic (exact) mass is 517 g/mol. The smallest absolute Gasteiger partial charge is 0.191 e. The van der Waals surface area contributed by atoms with E-state index >= 15 is 0 Å². The maximum Gasteiger partial charge on any atom is 0.191 e. The van der Waals surface area contributed by atoms with Gasteiger partial charge in [-0.1, -0.05) is 38.1 Å². The van der Waals surface area contributed by atoms with Crippen LogP contribution in [0.15, 0.2) is 29.3 Å². The van der Waals surface area contributed by atoms with Gasteiger partial charge in [0, 0.05) is 39.8 Å². The summed E-state index contributed by atoms with van der Waals surface area (Å²) in [4.78, 5) is 9.30. The van der Waals surface area contributed by atoms with Crippen LogP contribution in [0.1, 0.15) is 37.8 Å². The molecule has 1 aliphatic heterocycles. The van der Waals surface area contributed by atoms with Crippen LogP contribution in [0.4, 0.5) is 0 Å². The minimum atomic E-state index is 0. The van der Waals surface area contributed by atoms with Gasteiger partial charge in [0.05, 0.1) is 13.2 Å². The van der Waals surface area contributed by atoms with Crippen molar-refractivity contribution < 1.29 is 4.74 Å². The van der Waals surface area contributed by atoms with Crippen LogP contribution in [-0.4, -0.2) is 75.3 Å². The Hall–Kier alpha value is -0.900. The first-order chi connectivity index (χ1) is 13.8. The molecular formula is C22H40IN5O. The minimum absolute atomic E-state index is 0. The molecule has 29 heavy (non-hydrogen) atoms. The molecule has 0 amide bonds. The molecule has 1 aliphatic rings. The summed E-state index contributed by atoms with van der Waals surface area (Å²) < 4.78 is 5.46. The first-order valence-corrected chi connectivity index (χ1v) is 10.8. The lowest BCUT2D eigenvalue weighted by Crippen LogP contribution is -2.38. The van der Waals surface area contributed by atoms with Crippen molar-refractivity contribution in [3.05, 3.63) is 35.4 Å². The van der Waals surface area contributed by atoms with Crippen molar-refractivity contribution >= 4 is 29.9 Å². The fourth-order valence-corrected chi connectivity index (χ4v) is 3.49. The van der Waals surface area contributed by atoms with Crippen molar-refractivity contribution in [2.24, 2.45) is 4.99 Å². The van der Waals surface area contributed by atoms with Crippen LogP contribution in [0.25, 0.3) is 0 Å². The number of ether oxygens (including phenoxy) is 1. The highest BCUT2D eigenvalue weighted by atomic mass is 127. The molecule has 1 fully saturated rings. The number of unbranched alkanes of at least 4 members (excludes halogenated alkanes) is 1. The zero-order valence-electron chi connectivity index (χ0n) is 18.5. The lowest BCUT2D eigenvalue weighted by Gasteiger charge is -2.27. The number of hydrogen-bond acceptors (Lipinski definition) is 4. The Kier molecular flexibility index (Phi) is 14.3. The molecule has 166 valence electrons. The molecule has 0 saturated carbocycles. The van der Waals surface area contributed by atoms with E-state index in [0.717, 1.165) is 71.4 Å². The SMILES string of the molecule is CCN(CC)CCCCNC(=NC)NCc1ccccc1CN1CCOCC1.I. The van der Waals surface area contributed by atoms with Crippen LogP contribution >= 0.6 is 24.0 Å². The van der Waals surface area contributed by atoms with E-state index in [1.165, 1.54) is 24.1 Å². The summed E-state index contributed by atoms with van der Waals surface area (Å²) in [6.07, 6.45) is 2.37. The Morgan fingerprint density at radius 2 is 1.76 bits per heavy atom. The summed E-state index contributed by atoms with van der Waals surface area (Å²) in [5, 5.41) is 6.91. The van der Waals surface area contributed by atoms with Gasteiger partial charge >= 0.3 is 0 Å². The van der Waals surface area contributed by atoms with E-state index in [-0.39, 0.29) is 24.0 Å². The van der Waals surface area contributed by atoms with E-state index in [1.807, 2.05) is 7.05 Å². The van der Waals surface area contributed by atoms with Crippen molar-refractivity contribution in [3.63, 3.8) is 0 Å². The van der Waals surface area contributed by atoms with Gasteiger partial charge in [-0.3, -0.25) is 9.89 Å². The quantitative estimate of drug-likeness (QED) is 0.205. The molecule has 7 heteroatoms. The second-order valence-electron chi connectivity index (χ2n) is 7.24. The highest BCUT2D eigenvalue weighted by Crippen LogP contribution is 2.13. The first kappa shape index (κ1) is 26.1. The Labute approximate surface area is 194 Å². The van der Waals surface area contributed by atoms with Gasteiger partial charge in [-0.25, -0.2) is 0 Å². The van der Waals surface area contributed by atoms with Gasteiger partial charge in [0.25, 0.3) is 0 Å². The third-order valence-electron chi connectivity index (χ3n) is 5.37. The topological polar surface area (TPSA) is 52.1 Å². The largest absolute Gasteiger partial charge is 0.379 e. The number of hydrogen-bond donors (Lipinski definition) is 2. The summed E-state index contributed by atoms with van der Waals surface area (Å²) in [5.74, 6) is 0.879. The normalized spacial score (nSPS) is 15.2. The van der Waals surface area contributed by atoms with Gasteiger partial charge in [0.1, 0.15) is 0 Å². The number of aliphatic imine (C=N–C) groups is 1. The lowest BCUT2D eigenvalue weighted by atomic mass is 10.1. The molecule has 0 unspecified atom stereocenters. The second kappa shape index (κ2) is 15.9. The van der Waals surface area contributed by atoms with Gasteiger partial charge < -0.3 is 20.3 Å². The summed E-state index contributed by atoms with van der Waals surface area (Å²) in [7, 11) is 1.84. The fourth-order valence-electron chi connectivity index (χ4n) is 3.49. The van der Waals surface area contributed by atoms with Crippen LogP contribution in [0, 0.1) is 0 Å². The van der Waals surface area contributed by atoms with Gasteiger partial charge in [0.15, 0.2) is 5.96 Å². The molecule has 0 atom stereocenters. The molecule has 1 saturated heterocycles. The van der Waals surface area contributed by atoms with Crippen molar-refractivity contribution in [1.29, 1.82) is 0 Å². The molecule has 0 bridgehead atoms. The lowest BCUT2D eigenvalue weighted by molar-refractivity contribution is 0.0341. The van der Waals surface area contributed by atoms with Crippen molar-refractivity contribution in [3.8, 4) is 0 Å². The number of rotatable bonds is 11. The highest BCUT2D eigenvalue weighted by molar-refractivity contribution is 14.0. The molecular weight excluding hydrogens is 477 g/mol. The second-order valence-corrected chi connectivity index (χ2v) is 7.24. The molecule has 0 aliphatic carbocycles. The summed E-state index contributed by atoms with van der Waals surface area (Å²) in [5.41, 5.74) is 2.71. The first-order valence-electron chi connectivity index (χ1n) is 10.8. The summed E-state index contributed by atoms with van der Waals surface area (Å²) in [6.45, 7) is 14.3. The summed E-state index contributed by atoms with van der Waals surface area (Å²) >= 11 is 0. The Bertz CT molecular complexity index is 574. The number of nitrogens with zero attached hydrogens (tertiary/aromatic N) is 3. The molecule has 6 nitrogen and oxygen atoms in total. The Morgan fingerprint density at radius 3 is 2.41 bits per heavy atom. The molecule has 1 heterocycles. The van der Waals surface area contributed by atoms with Crippen LogP contribution < -0.4 is 10.6 Å². The maximum atomic E-state index is 5.46. The van der Waals surface area contributed by atoms with Crippen molar-refractivity contribution in [2.45, 2.75) is 39.8 Å². The van der Waals surface area contributed by atoms with Crippen molar-refractivity contribution in [2.75, 3.05) is 59.5 Å². The van der Waals surface area contributed by atoms with Gasteiger partial charge in [-0.05, 0) is 43.6 Å². The molecule has 1 aromatic carbocycles. The Balaban J connectivity index is 0.00000420. The molecule has 0 aromatic heterocycles. The highest BCUT2D eigenvalue weighted by Gasteiger charge is 2.12. The molecule has 2 N–H and O–H groups in total. The predicted octanol–water partition coefficient (Wildman–Crippen LogP) is 2.92. The maximum absolute atomic E-state index is 5.46. The number of nitrogens with one attached hydrogen (secondary N) is 2. The molecule has 0 radical (unpaired) electrons. The van der Waals surface area contributed by atoms with E-state index < -0.39 is 0 Å². The average molecular weight is 518 g/mol. The van der Waals surface area contributed by atoms with Crippen LogP contribution in [-0.2, 0) is 17.8 Å². The number of benzene rings is 1. The van der Waals surface area contributed by atoms with Crippen LogP contribution in [0.5, 0.6) is 0 Å². The Morgan fingerprint density at radius 1 is 1.07 bits per heavy atom. The zero-order valence-corrected chi connectivity index (χ0v) is 20.8. The van der Waals surface area contributed by atoms with Gasteiger partial charge in [-0.2, -0.15) is 0 Å². The van der Waals surface area contributed by atoms with E-state index in [9.17, 15) is 0 Å². The number of guanidine groups is 1. The molecule has 0 spiro atoms. The molecule has 1 aromatic rings. The van der Waals surface area contributed by atoms with E-state index in [2.05, 4.69) is 63.5 Å². The van der Waals surface area contributed by atoms with E-state index in [1.54, 1.807) is 0 Å². The van der Waals surface area contributed by atoms with Gasteiger partial charge in [0.2, 0.25) is 0 Å². The zero-order chi connectivity index (χ0) is 20.0. The van der Waals surface area contributed by atoms with Crippen molar-refractivity contribution in [1.82, 2.24) is 20.4 Å². The third kappa shape index (κ3) is 10.1.